The van der Waals surface area contributed by atoms with Gasteiger partial charge in [0.15, 0.2) is 0 Å². The highest BCUT2D eigenvalue weighted by molar-refractivity contribution is 7.96. The number of ether oxygens (including phenoxy) is 1. The van der Waals surface area contributed by atoms with E-state index in [4.69, 9.17) is 5.26 Å². The van der Waals surface area contributed by atoms with Gasteiger partial charge < -0.3 is 4.74 Å². The number of carbonyl (C=O) groups is 1. The van der Waals surface area contributed by atoms with E-state index in [1.54, 1.807) is 0 Å². The zero-order chi connectivity index (χ0) is 13.4. The molecule has 0 amide bonds. The molecular weight excluding hydrogens is 270 g/mol. The molecule has 0 bridgehead atoms. The van der Waals surface area contributed by atoms with Crippen LogP contribution < -0.4 is 0 Å². The van der Waals surface area contributed by atoms with Gasteiger partial charge in [0.05, 0.1) is 6.61 Å². The van der Waals surface area contributed by atoms with E-state index in [9.17, 15) is 13.6 Å². The van der Waals surface area contributed by atoms with Crippen molar-refractivity contribution in [1.29, 1.82) is 0 Å². The van der Waals surface area contributed by atoms with Crippen LogP contribution in [0.5, 0.6) is 0 Å². The van der Waals surface area contributed by atoms with Crippen molar-refractivity contribution in [2.45, 2.75) is 43.8 Å². The first-order chi connectivity index (χ1) is 8.56. The number of hydrogen-bond acceptors (Lipinski definition) is 6. The van der Waals surface area contributed by atoms with Crippen molar-refractivity contribution in [1.82, 2.24) is 0 Å². The Hall–Kier alpha value is -0.440. The standard InChI is InChI=1S/C10H16F2O5S/c11-10(12,18-17-16-14)9(13)15-7-6-8-4-2-1-3-5-8/h8,14H,1-7H2. The van der Waals surface area contributed by atoms with Gasteiger partial charge in [-0.3, -0.25) is 0 Å². The van der Waals surface area contributed by atoms with Crippen LogP contribution in [0.4, 0.5) is 8.78 Å². The van der Waals surface area contributed by atoms with E-state index >= 15 is 0 Å². The van der Waals surface area contributed by atoms with E-state index in [0.717, 1.165) is 25.7 Å². The van der Waals surface area contributed by atoms with Gasteiger partial charge in [0.2, 0.25) is 0 Å². The minimum Gasteiger partial charge on any atom is -0.460 e. The smallest absolute Gasteiger partial charge is 0.415 e. The second kappa shape index (κ2) is 7.88. The Bertz CT molecular complexity index is 259. The van der Waals surface area contributed by atoms with Crippen LogP contribution in [0.1, 0.15) is 38.5 Å². The lowest BCUT2D eigenvalue weighted by Crippen LogP contribution is -2.28. The van der Waals surface area contributed by atoms with Gasteiger partial charge in [0, 0.05) is 0 Å². The lowest BCUT2D eigenvalue weighted by Gasteiger charge is -2.21. The van der Waals surface area contributed by atoms with E-state index in [-0.39, 0.29) is 6.61 Å². The lowest BCUT2D eigenvalue weighted by atomic mass is 9.87. The molecule has 1 fully saturated rings. The molecule has 1 saturated carbocycles. The summed E-state index contributed by atoms with van der Waals surface area (Å²) in [5.41, 5.74) is 0. The summed E-state index contributed by atoms with van der Waals surface area (Å²) in [6.07, 6.45) is 6.22. The monoisotopic (exact) mass is 286 g/mol. The first kappa shape index (κ1) is 15.6. The summed E-state index contributed by atoms with van der Waals surface area (Å²) in [6.45, 7) is -0.0281. The molecule has 1 aliphatic rings. The van der Waals surface area contributed by atoms with Gasteiger partial charge in [-0.25, -0.2) is 10.1 Å². The number of esters is 1. The number of halogens is 2. The van der Waals surface area contributed by atoms with Gasteiger partial charge in [-0.15, -0.1) is 4.33 Å². The third-order valence-corrected chi connectivity index (χ3v) is 3.40. The highest BCUT2D eigenvalue weighted by Crippen LogP contribution is 2.32. The van der Waals surface area contributed by atoms with Crippen LogP contribution in [0.25, 0.3) is 0 Å². The van der Waals surface area contributed by atoms with Crippen LogP contribution in [-0.4, -0.2) is 23.1 Å². The Balaban J connectivity index is 2.18. The van der Waals surface area contributed by atoms with Gasteiger partial charge in [0.1, 0.15) is 12.0 Å². The summed E-state index contributed by atoms with van der Waals surface area (Å²) < 4.78 is 33.9. The Morgan fingerprint density at radius 1 is 1.33 bits per heavy atom. The van der Waals surface area contributed by atoms with E-state index in [1.807, 2.05) is 0 Å². The Morgan fingerprint density at radius 2 is 2.00 bits per heavy atom. The van der Waals surface area contributed by atoms with Crippen molar-refractivity contribution in [3.8, 4) is 0 Å². The van der Waals surface area contributed by atoms with Crippen molar-refractivity contribution < 1.29 is 32.9 Å². The van der Waals surface area contributed by atoms with E-state index < -0.39 is 23.3 Å². The van der Waals surface area contributed by atoms with Crippen molar-refractivity contribution in [3.63, 3.8) is 0 Å². The predicted octanol–water partition coefficient (Wildman–Crippen LogP) is 3.16. The molecule has 18 heavy (non-hydrogen) atoms. The maximum absolute atomic E-state index is 12.9. The summed E-state index contributed by atoms with van der Waals surface area (Å²) in [6, 6.07) is 0. The molecule has 0 atom stereocenters. The third kappa shape index (κ3) is 5.47. The minimum atomic E-state index is -3.89. The molecule has 8 heteroatoms. The lowest BCUT2D eigenvalue weighted by molar-refractivity contribution is -0.433. The van der Waals surface area contributed by atoms with Crippen molar-refractivity contribution in [2.75, 3.05) is 6.61 Å². The van der Waals surface area contributed by atoms with Crippen LogP contribution in [0.15, 0.2) is 0 Å². The fourth-order valence-corrected chi connectivity index (χ4v) is 2.21. The SMILES string of the molecule is O=C(OCCC1CCCCC1)C(F)(F)SOOO. The molecule has 1 rings (SSSR count). The van der Waals surface area contributed by atoms with Crippen LogP contribution in [-0.2, 0) is 18.9 Å². The average molecular weight is 286 g/mol. The molecule has 0 aromatic rings. The fourth-order valence-electron chi connectivity index (χ4n) is 1.97. The van der Waals surface area contributed by atoms with Gasteiger partial charge in [-0.1, -0.05) is 37.1 Å². The number of carbonyl (C=O) groups excluding carboxylic acids is 1. The van der Waals surface area contributed by atoms with E-state index in [2.05, 4.69) is 14.1 Å². The maximum Gasteiger partial charge on any atom is 0.415 e. The van der Waals surface area contributed by atoms with E-state index in [0.29, 0.717) is 12.3 Å². The highest BCUT2D eigenvalue weighted by Gasteiger charge is 2.44. The molecule has 0 heterocycles. The van der Waals surface area contributed by atoms with E-state index in [1.165, 1.54) is 6.42 Å². The molecule has 0 aromatic carbocycles. The fraction of sp³-hybridized carbons (Fsp3) is 0.900. The molecule has 0 spiro atoms. The molecular formula is C10H16F2O5S. The maximum atomic E-state index is 12.9. The average Bonchev–Trinajstić information content (AvgIpc) is 2.37. The number of alkyl halides is 2. The Morgan fingerprint density at radius 3 is 2.61 bits per heavy atom. The Labute approximate surface area is 108 Å². The largest absolute Gasteiger partial charge is 0.460 e. The van der Waals surface area contributed by atoms with Crippen molar-refractivity contribution in [2.24, 2.45) is 5.92 Å². The molecule has 5 nitrogen and oxygen atoms in total. The van der Waals surface area contributed by atoms with Gasteiger partial charge in [-0.2, -0.15) is 8.78 Å². The topological polar surface area (TPSA) is 65.0 Å². The zero-order valence-electron chi connectivity index (χ0n) is 9.77. The van der Waals surface area contributed by atoms with Crippen LogP contribution in [0, 0.1) is 5.92 Å². The normalized spacial score (nSPS) is 17.7. The van der Waals surface area contributed by atoms with Crippen LogP contribution >= 0.6 is 12.0 Å². The summed E-state index contributed by atoms with van der Waals surface area (Å²) in [5.74, 6) is -1.25. The van der Waals surface area contributed by atoms with Crippen molar-refractivity contribution >= 4 is 18.0 Å². The van der Waals surface area contributed by atoms with Gasteiger partial charge in [-0.05, 0) is 12.3 Å². The summed E-state index contributed by atoms with van der Waals surface area (Å²) in [5, 5.41) is 6.84. The minimum absolute atomic E-state index is 0.0281. The number of rotatable bonds is 7. The Kier molecular flexibility index (Phi) is 6.83. The molecule has 0 aromatic heterocycles. The summed E-state index contributed by atoms with van der Waals surface area (Å²) in [4.78, 5) is 11.0. The molecule has 106 valence electrons. The van der Waals surface area contributed by atoms with Crippen LogP contribution in [0.3, 0.4) is 0 Å². The zero-order valence-corrected chi connectivity index (χ0v) is 10.6. The first-order valence-corrected chi connectivity index (χ1v) is 6.51. The summed E-state index contributed by atoms with van der Waals surface area (Å²) in [7, 11) is 0. The molecule has 1 N–H and O–H groups in total. The molecule has 1 aliphatic carbocycles. The van der Waals surface area contributed by atoms with Gasteiger partial charge >= 0.3 is 11.2 Å². The quantitative estimate of drug-likeness (QED) is 0.335. The highest BCUT2D eigenvalue weighted by atomic mass is 32.2. The second-order valence-electron chi connectivity index (χ2n) is 4.17. The number of hydrogen-bond donors (Lipinski definition) is 1. The molecule has 0 radical (unpaired) electrons. The van der Waals surface area contributed by atoms with Gasteiger partial charge in [0.25, 0.3) is 0 Å². The second-order valence-corrected chi connectivity index (χ2v) is 4.99. The third-order valence-electron chi connectivity index (χ3n) is 2.89. The predicted molar refractivity (Wildman–Crippen MR) is 59.5 cm³/mol. The molecule has 0 saturated heterocycles. The molecule has 0 aliphatic heterocycles. The molecule has 0 unspecified atom stereocenters. The van der Waals surface area contributed by atoms with Crippen LogP contribution in [0.2, 0.25) is 0 Å². The summed E-state index contributed by atoms with van der Waals surface area (Å²) >= 11 is -0.607. The van der Waals surface area contributed by atoms with Crippen molar-refractivity contribution in [3.05, 3.63) is 0 Å². The first-order valence-electron chi connectivity index (χ1n) is 5.77.